The third kappa shape index (κ3) is 45.8. The first-order valence-electron chi connectivity index (χ1n) is 24.1. The molecule has 0 aliphatic rings. The quantitative estimate of drug-likeness (QED) is 0.0349. The largest absolute Gasteiger partial charge is 0.461 e. The Hall–Kier alpha value is -2.92. The van der Waals surface area contributed by atoms with Gasteiger partial charge in [-0.15, -0.1) is 0 Å². The minimum absolute atomic E-state index is 0.0224. The summed E-state index contributed by atoms with van der Waals surface area (Å²) in [6, 6.07) is 0. The van der Waals surface area contributed by atoms with Crippen LogP contribution in [0.4, 0.5) is 0 Å². The van der Waals surface area contributed by atoms with E-state index in [1.165, 1.54) is 109 Å². The highest BCUT2D eigenvalue weighted by molar-refractivity contribution is 5.71. The van der Waals surface area contributed by atoms with E-state index in [1.54, 1.807) is 0 Å². The van der Waals surface area contributed by atoms with Crippen LogP contribution in [-0.4, -0.2) is 37.9 Å². The summed E-state index contributed by atoms with van der Waals surface area (Å²) >= 11 is 0. The lowest BCUT2D eigenvalue weighted by Gasteiger charge is -2.18. The van der Waals surface area contributed by atoms with Gasteiger partial charge in [0.25, 0.3) is 0 Å². The highest BCUT2D eigenvalue weighted by Gasteiger charge is 2.17. The fraction of sp³-hybridized carbons (Fsp3) is 0.698. The topological polar surface area (TPSA) is 61.8 Å². The highest BCUT2D eigenvalue weighted by Crippen LogP contribution is 2.12. The molecule has 5 nitrogen and oxygen atoms in total. The number of hydrogen-bond acceptors (Lipinski definition) is 5. The average Bonchev–Trinajstić information content (AvgIpc) is 3.22. The second-order valence-corrected chi connectivity index (χ2v) is 15.6. The van der Waals surface area contributed by atoms with E-state index in [4.69, 9.17) is 14.2 Å². The number of carbonyl (C=O) groups excluding carboxylic acids is 2. The fourth-order valence-corrected chi connectivity index (χ4v) is 6.34. The summed E-state index contributed by atoms with van der Waals surface area (Å²) in [5, 5.41) is 0. The minimum atomic E-state index is -0.585. The van der Waals surface area contributed by atoms with Crippen LogP contribution < -0.4 is 0 Å². The molecule has 0 N–H and O–H groups in total. The van der Waals surface area contributed by atoms with Crippen molar-refractivity contribution in [1.29, 1.82) is 0 Å². The summed E-state index contributed by atoms with van der Waals surface area (Å²) in [5.74, 6) is -0.559. The molecule has 58 heavy (non-hydrogen) atoms. The molecule has 0 aliphatic carbocycles. The number of allylic oxidation sites excluding steroid dienone is 13. The number of esters is 2. The fourth-order valence-electron chi connectivity index (χ4n) is 6.34. The van der Waals surface area contributed by atoms with Gasteiger partial charge in [-0.25, -0.2) is 0 Å². The van der Waals surface area contributed by atoms with E-state index in [9.17, 15) is 9.59 Å². The lowest BCUT2D eigenvalue weighted by Crippen LogP contribution is -2.30. The molecule has 0 saturated heterocycles. The zero-order valence-corrected chi connectivity index (χ0v) is 38.0. The molecule has 0 aromatic carbocycles. The molecule has 0 fully saturated rings. The maximum atomic E-state index is 12.7. The summed E-state index contributed by atoms with van der Waals surface area (Å²) in [7, 11) is 0. The van der Waals surface area contributed by atoms with E-state index in [1.807, 2.05) is 12.2 Å². The molecular formula is C53H90O5. The predicted molar refractivity (Wildman–Crippen MR) is 251 cm³/mol. The highest BCUT2D eigenvalue weighted by atomic mass is 16.6. The van der Waals surface area contributed by atoms with Crippen LogP contribution in [0.25, 0.3) is 0 Å². The number of ether oxygens (including phenoxy) is 3. The normalized spacial score (nSPS) is 12.9. The van der Waals surface area contributed by atoms with Crippen molar-refractivity contribution in [3.8, 4) is 0 Å². The summed E-state index contributed by atoms with van der Waals surface area (Å²) in [6.45, 7) is 7.55. The SMILES string of the molecule is CC/C=C\C/C=C\C/C=C\C/C=C\C/C=C\CC(=O)OCC(COCCCCCCCC/C=C\CCCCCC)OC(=O)CCCCCCC/C=C\CCCCCC. The minimum Gasteiger partial charge on any atom is -0.461 e. The first kappa shape index (κ1) is 55.1. The average molecular weight is 807 g/mol. The Balaban J connectivity index is 4.42. The molecule has 0 saturated carbocycles. The van der Waals surface area contributed by atoms with Crippen LogP contribution in [-0.2, 0) is 23.8 Å². The molecule has 0 bridgehead atoms. The van der Waals surface area contributed by atoms with E-state index in [2.05, 4.69) is 93.7 Å². The number of carbonyl (C=O) groups is 2. The summed E-state index contributed by atoms with van der Waals surface area (Å²) in [6.07, 6.45) is 63.2. The first-order chi connectivity index (χ1) is 28.6. The third-order valence-corrected chi connectivity index (χ3v) is 9.92. The van der Waals surface area contributed by atoms with E-state index < -0.39 is 6.10 Å². The molecule has 0 aromatic heterocycles. The number of rotatable bonds is 43. The molecule has 0 rings (SSSR count). The van der Waals surface area contributed by atoms with Gasteiger partial charge >= 0.3 is 11.9 Å². The Morgan fingerprint density at radius 1 is 0.414 bits per heavy atom. The van der Waals surface area contributed by atoms with Gasteiger partial charge in [-0.3, -0.25) is 9.59 Å². The van der Waals surface area contributed by atoms with Gasteiger partial charge in [0.2, 0.25) is 0 Å². The Bertz CT molecular complexity index is 1090. The van der Waals surface area contributed by atoms with Gasteiger partial charge in [0, 0.05) is 13.0 Å². The van der Waals surface area contributed by atoms with E-state index in [0.717, 1.165) is 70.6 Å². The molecule has 5 heteroatoms. The Kier molecular flexibility index (Phi) is 46.0. The van der Waals surface area contributed by atoms with Gasteiger partial charge in [-0.2, -0.15) is 0 Å². The molecule has 332 valence electrons. The Labute approximate surface area is 359 Å². The molecule has 0 amide bonds. The van der Waals surface area contributed by atoms with E-state index in [-0.39, 0.29) is 31.6 Å². The molecule has 0 spiro atoms. The van der Waals surface area contributed by atoms with Crippen molar-refractivity contribution in [2.75, 3.05) is 19.8 Å². The monoisotopic (exact) mass is 807 g/mol. The van der Waals surface area contributed by atoms with Crippen LogP contribution in [0.1, 0.15) is 213 Å². The molecule has 1 unspecified atom stereocenters. The molecular weight excluding hydrogens is 717 g/mol. The van der Waals surface area contributed by atoms with Crippen LogP contribution in [0.15, 0.2) is 85.1 Å². The number of unbranched alkanes of at least 4 members (excludes halogenated alkanes) is 19. The summed E-state index contributed by atoms with van der Waals surface area (Å²) < 4.78 is 17.2. The molecule has 0 aromatic rings. The van der Waals surface area contributed by atoms with Crippen molar-refractivity contribution in [2.45, 2.75) is 219 Å². The van der Waals surface area contributed by atoms with Crippen molar-refractivity contribution >= 4 is 11.9 Å². The van der Waals surface area contributed by atoms with Crippen LogP contribution >= 0.6 is 0 Å². The lowest BCUT2D eigenvalue weighted by molar-refractivity contribution is -0.162. The molecule has 0 radical (unpaired) electrons. The maximum Gasteiger partial charge on any atom is 0.309 e. The van der Waals surface area contributed by atoms with Gasteiger partial charge in [0.15, 0.2) is 6.10 Å². The van der Waals surface area contributed by atoms with Crippen molar-refractivity contribution in [1.82, 2.24) is 0 Å². The Morgan fingerprint density at radius 3 is 1.31 bits per heavy atom. The van der Waals surface area contributed by atoms with Crippen LogP contribution in [0.2, 0.25) is 0 Å². The molecule has 1 atom stereocenters. The maximum absolute atomic E-state index is 12.7. The second kappa shape index (κ2) is 48.4. The zero-order valence-electron chi connectivity index (χ0n) is 38.0. The standard InChI is InChI=1S/C53H90O5/c1-4-7-10-13-16-19-22-25-27-29-31-34-37-40-43-46-52(54)57-50-51(49-56-48-45-42-39-36-33-30-26-23-20-17-14-11-8-5-2)58-53(55)47-44-41-38-35-32-28-24-21-18-15-12-9-6-3/h7,10,16,19-21,23-25,27,31,34,40,43,51H,4-6,8-9,11-15,17-18,22,26,28-30,32-33,35-39,41-42,44-50H2,1-3H3/b10-7-,19-16-,23-20-,24-21-,27-25-,34-31-,43-40-. The van der Waals surface area contributed by atoms with Gasteiger partial charge in [0.05, 0.1) is 13.0 Å². The predicted octanol–water partition coefficient (Wildman–Crippen LogP) is 16.1. The summed E-state index contributed by atoms with van der Waals surface area (Å²) in [4.78, 5) is 25.2. The van der Waals surface area contributed by atoms with Crippen molar-refractivity contribution < 1.29 is 23.8 Å². The smallest absolute Gasteiger partial charge is 0.309 e. The van der Waals surface area contributed by atoms with E-state index >= 15 is 0 Å². The van der Waals surface area contributed by atoms with Crippen molar-refractivity contribution in [2.24, 2.45) is 0 Å². The third-order valence-electron chi connectivity index (χ3n) is 9.92. The Morgan fingerprint density at radius 2 is 0.828 bits per heavy atom. The van der Waals surface area contributed by atoms with Gasteiger partial charge in [-0.05, 0) is 96.3 Å². The number of hydrogen-bond donors (Lipinski definition) is 0. The van der Waals surface area contributed by atoms with Crippen LogP contribution in [0.3, 0.4) is 0 Å². The van der Waals surface area contributed by atoms with E-state index in [0.29, 0.717) is 13.0 Å². The summed E-state index contributed by atoms with van der Waals surface area (Å²) in [5.41, 5.74) is 0. The van der Waals surface area contributed by atoms with Crippen molar-refractivity contribution in [3.05, 3.63) is 85.1 Å². The van der Waals surface area contributed by atoms with Crippen LogP contribution in [0, 0.1) is 0 Å². The van der Waals surface area contributed by atoms with Gasteiger partial charge in [-0.1, -0.05) is 189 Å². The van der Waals surface area contributed by atoms with Crippen molar-refractivity contribution in [3.63, 3.8) is 0 Å². The lowest BCUT2D eigenvalue weighted by atomic mass is 10.1. The zero-order chi connectivity index (χ0) is 42.1. The molecule has 0 aliphatic heterocycles. The van der Waals surface area contributed by atoms with Crippen LogP contribution in [0.5, 0.6) is 0 Å². The van der Waals surface area contributed by atoms with Gasteiger partial charge < -0.3 is 14.2 Å². The first-order valence-corrected chi connectivity index (χ1v) is 24.1. The van der Waals surface area contributed by atoms with Gasteiger partial charge in [0.1, 0.15) is 6.61 Å². The second-order valence-electron chi connectivity index (χ2n) is 15.6. The molecule has 0 heterocycles.